The zero-order chi connectivity index (χ0) is 20.4. The van der Waals surface area contributed by atoms with Crippen molar-refractivity contribution in [1.82, 2.24) is 0 Å². The second kappa shape index (κ2) is 7.33. The highest BCUT2D eigenvalue weighted by Crippen LogP contribution is 2.40. The molecule has 0 saturated heterocycles. The minimum absolute atomic E-state index is 0.176. The van der Waals surface area contributed by atoms with E-state index in [9.17, 15) is 5.26 Å². The summed E-state index contributed by atoms with van der Waals surface area (Å²) in [6.45, 7) is 2.33. The molecule has 5 nitrogen and oxygen atoms in total. The number of benzene rings is 3. The summed E-state index contributed by atoms with van der Waals surface area (Å²) in [7, 11) is 1.66. The van der Waals surface area contributed by atoms with Crippen LogP contribution in [0.1, 0.15) is 22.3 Å². The fraction of sp³-hybridized carbons (Fsp3) is 0.167. The van der Waals surface area contributed by atoms with E-state index in [2.05, 4.69) is 18.2 Å². The van der Waals surface area contributed by atoms with E-state index >= 15 is 0 Å². The Balaban J connectivity index is 1.85. The van der Waals surface area contributed by atoms with E-state index < -0.39 is 5.54 Å². The van der Waals surface area contributed by atoms with Crippen molar-refractivity contribution in [2.24, 2.45) is 10.7 Å². The molecule has 1 atom stereocenters. The molecule has 1 aliphatic rings. The molecule has 2 N–H and O–H groups in total. The van der Waals surface area contributed by atoms with Crippen molar-refractivity contribution in [3.05, 3.63) is 89.0 Å². The Kier molecular flexibility index (Phi) is 4.69. The van der Waals surface area contributed by atoms with Gasteiger partial charge in [0, 0.05) is 0 Å². The van der Waals surface area contributed by atoms with Crippen LogP contribution in [0.4, 0.5) is 0 Å². The van der Waals surface area contributed by atoms with Crippen LogP contribution in [0.5, 0.6) is 5.75 Å². The Bertz CT molecular complexity index is 1150. The number of nitriles is 1. The van der Waals surface area contributed by atoms with Gasteiger partial charge in [-0.3, -0.25) is 0 Å². The molecule has 144 valence electrons. The average Bonchev–Trinajstić information content (AvgIpc) is 3.17. The molecule has 1 unspecified atom stereocenters. The van der Waals surface area contributed by atoms with Gasteiger partial charge >= 0.3 is 0 Å². The molecule has 3 aromatic rings. The summed E-state index contributed by atoms with van der Waals surface area (Å²) >= 11 is 0. The van der Waals surface area contributed by atoms with Gasteiger partial charge in [0.2, 0.25) is 0 Å². The number of hydrogen-bond acceptors (Lipinski definition) is 5. The van der Waals surface area contributed by atoms with Gasteiger partial charge in [-0.1, -0.05) is 36.4 Å². The van der Waals surface area contributed by atoms with Crippen molar-refractivity contribution < 1.29 is 9.47 Å². The van der Waals surface area contributed by atoms with E-state index in [1.165, 1.54) is 0 Å². The second-order valence-electron chi connectivity index (χ2n) is 7.06. The molecule has 4 rings (SSSR count). The Labute approximate surface area is 170 Å². The third-order valence-electron chi connectivity index (χ3n) is 5.27. The number of amidine groups is 1. The van der Waals surface area contributed by atoms with Gasteiger partial charge in [0.25, 0.3) is 6.02 Å². The molecule has 1 aliphatic heterocycles. The number of aliphatic imine (C=N–C) groups is 1. The number of nitrogens with two attached hydrogens (primary N) is 1. The predicted molar refractivity (Wildman–Crippen MR) is 113 cm³/mol. The van der Waals surface area contributed by atoms with Gasteiger partial charge < -0.3 is 15.2 Å². The summed E-state index contributed by atoms with van der Waals surface area (Å²) in [5.74, 6) is 0.821. The van der Waals surface area contributed by atoms with Crippen molar-refractivity contribution in [3.8, 4) is 22.9 Å². The van der Waals surface area contributed by atoms with Crippen molar-refractivity contribution in [1.29, 1.82) is 5.26 Å². The average molecular weight is 383 g/mol. The minimum Gasteiger partial charge on any atom is -0.496 e. The van der Waals surface area contributed by atoms with E-state index in [4.69, 9.17) is 20.2 Å². The summed E-state index contributed by atoms with van der Waals surface area (Å²) < 4.78 is 11.0. The fourth-order valence-electron chi connectivity index (χ4n) is 3.75. The molecule has 0 fully saturated rings. The van der Waals surface area contributed by atoms with Crippen LogP contribution in [0, 0.1) is 18.3 Å². The largest absolute Gasteiger partial charge is 0.496 e. The summed E-state index contributed by atoms with van der Waals surface area (Å²) in [6.07, 6.45) is 0. The molecule has 0 aromatic heterocycles. The molecule has 0 spiro atoms. The van der Waals surface area contributed by atoms with Gasteiger partial charge in [0.15, 0.2) is 5.54 Å². The summed E-state index contributed by atoms with van der Waals surface area (Å²) in [5.41, 5.74) is 10.8. The summed E-state index contributed by atoms with van der Waals surface area (Å²) in [5, 5.41) is 9.22. The quantitative estimate of drug-likeness (QED) is 0.734. The molecular formula is C24H21N3O2. The molecule has 0 radical (unpaired) electrons. The Hall–Kier alpha value is -3.78. The van der Waals surface area contributed by atoms with Crippen LogP contribution in [-0.4, -0.2) is 19.7 Å². The second-order valence-corrected chi connectivity index (χ2v) is 7.06. The number of rotatable bonds is 4. The molecular weight excluding hydrogens is 362 g/mol. The normalized spacial score (nSPS) is 17.9. The van der Waals surface area contributed by atoms with E-state index in [1.54, 1.807) is 13.2 Å². The molecule has 0 saturated carbocycles. The Morgan fingerprint density at radius 3 is 2.41 bits per heavy atom. The predicted octanol–water partition coefficient (Wildman–Crippen LogP) is 4.13. The maximum atomic E-state index is 9.22. The zero-order valence-electron chi connectivity index (χ0n) is 16.3. The summed E-state index contributed by atoms with van der Waals surface area (Å²) in [4.78, 5) is 4.70. The highest BCUT2D eigenvalue weighted by Gasteiger charge is 2.40. The molecule has 0 amide bonds. The SMILES string of the molecule is COc1ccc(C2(c3cccc(-c4cccc(C#N)c4)c3)COC(N)=N2)cc1C. The van der Waals surface area contributed by atoms with Crippen LogP contribution >= 0.6 is 0 Å². The first-order chi connectivity index (χ1) is 14.1. The Morgan fingerprint density at radius 1 is 1.03 bits per heavy atom. The van der Waals surface area contributed by atoms with Crippen LogP contribution in [0.2, 0.25) is 0 Å². The third-order valence-corrected chi connectivity index (χ3v) is 5.27. The smallest absolute Gasteiger partial charge is 0.283 e. The molecule has 3 aromatic carbocycles. The molecule has 1 heterocycles. The van der Waals surface area contributed by atoms with Crippen molar-refractivity contribution in [3.63, 3.8) is 0 Å². The lowest BCUT2D eigenvalue weighted by atomic mass is 9.82. The van der Waals surface area contributed by atoms with Crippen LogP contribution in [0.3, 0.4) is 0 Å². The number of hydrogen-bond donors (Lipinski definition) is 1. The maximum absolute atomic E-state index is 9.22. The van der Waals surface area contributed by atoms with Crippen molar-refractivity contribution >= 4 is 6.02 Å². The molecule has 29 heavy (non-hydrogen) atoms. The number of aryl methyl sites for hydroxylation is 1. The monoisotopic (exact) mass is 383 g/mol. The molecule has 5 heteroatoms. The Morgan fingerprint density at radius 2 is 1.76 bits per heavy atom. The highest BCUT2D eigenvalue weighted by molar-refractivity contribution is 5.76. The topological polar surface area (TPSA) is 80.6 Å². The van der Waals surface area contributed by atoms with E-state index in [1.807, 2.05) is 55.5 Å². The van der Waals surface area contributed by atoms with E-state index in [0.717, 1.165) is 33.6 Å². The maximum Gasteiger partial charge on any atom is 0.283 e. The van der Waals surface area contributed by atoms with Gasteiger partial charge in [-0.15, -0.1) is 0 Å². The lowest BCUT2D eigenvalue weighted by Gasteiger charge is -2.26. The lowest BCUT2D eigenvalue weighted by Crippen LogP contribution is -2.27. The van der Waals surface area contributed by atoms with Gasteiger partial charge in [-0.2, -0.15) is 5.26 Å². The third kappa shape index (κ3) is 3.30. The first-order valence-corrected chi connectivity index (χ1v) is 9.30. The standard InChI is InChI=1S/C24H21N3O2/c1-16-11-21(9-10-22(16)28-2)24(15-29-23(26)27-24)20-8-4-7-19(13-20)18-6-3-5-17(12-18)14-25/h3-13H,15H2,1-2H3,(H2,26,27). The van der Waals surface area contributed by atoms with Crippen molar-refractivity contribution in [2.75, 3.05) is 13.7 Å². The van der Waals surface area contributed by atoms with Gasteiger partial charge in [0.05, 0.1) is 18.7 Å². The molecule has 0 bridgehead atoms. The molecule has 0 aliphatic carbocycles. The summed E-state index contributed by atoms with van der Waals surface area (Å²) in [6, 6.07) is 24.1. The van der Waals surface area contributed by atoms with Gasteiger partial charge in [-0.05, 0) is 65.1 Å². The van der Waals surface area contributed by atoms with Crippen LogP contribution < -0.4 is 10.5 Å². The zero-order valence-corrected chi connectivity index (χ0v) is 16.3. The van der Waals surface area contributed by atoms with Crippen molar-refractivity contribution in [2.45, 2.75) is 12.5 Å². The number of nitrogens with zero attached hydrogens (tertiary/aromatic N) is 2. The fourth-order valence-corrected chi connectivity index (χ4v) is 3.75. The van der Waals surface area contributed by atoms with E-state index in [0.29, 0.717) is 12.2 Å². The van der Waals surface area contributed by atoms with Gasteiger partial charge in [-0.25, -0.2) is 4.99 Å². The first-order valence-electron chi connectivity index (χ1n) is 9.30. The number of methoxy groups -OCH3 is 1. The highest BCUT2D eigenvalue weighted by atomic mass is 16.5. The first kappa shape index (κ1) is 18.6. The minimum atomic E-state index is -0.732. The van der Waals surface area contributed by atoms with Crippen LogP contribution in [-0.2, 0) is 10.3 Å². The number of ether oxygens (including phenoxy) is 2. The van der Waals surface area contributed by atoms with Crippen LogP contribution in [0.15, 0.2) is 71.7 Å². The van der Waals surface area contributed by atoms with E-state index in [-0.39, 0.29) is 6.02 Å². The lowest BCUT2D eigenvalue weighted by molar-refractivity contribution is 0.278. The van der Waals surface area contributed by atoms with Gasteiger partial charge in [0.1, 0.15) is 12.4 Å². The van der Waals surface area contributed by atoms with Crippen LogP contribution in [0.25, 0.3) is 11.1 Å².